The maximum atomic E-state index is 11.8. The lowest BCUT2D eigenvalue weighted by atomic mass is 9.97. The fourth-order valence-electron chi connectivity index (χ4n) is 2.44. The van der Waals surface area contributed by atoms with Crippen molar-refractivity contribution in [2.75, 3.05) is 25.0 Å². The Kier molecular flexibility index (Phi) is 3.78. The average molecular weight is 262 g/mol. The van der Waals surface area contributed by atoms with E-state index in [1.54, 1.807) is 7.05 Å². The predicted molar refractivity (Wildman–Crippen MR) is 70.8 cm³/mol. The van der Waals surface area contributed by atoms with Crippen LogP contribution in [-0.4, -0.2) is 42.3 Å². The van der Waals surface area contributed by atoms with Crippen molar-refractivity contribution in [3.8, 4) is 0 Å². The highest BCUT2D eigenvalue weighted by molar-refractivity contribution is 5.83. The lowest BCUT2D eigenvalue weighted by molar-refractivity contribution is -0.127. The summed E-state index contributed by atoms with van der Waals surface area (Å²) in [6.45, 7) is 4.78. The number of anilines is 1. The van der Waals surface area contributed by atoms with Gasteiger partial charge in [-0.15, -0.1) is 0 Å². The molecule has 1 aromatic rings. The van der Waals surface area contributed by atoms with E-state index in [0.29, 0.717) is 19.0 Å². The van der Waals surface area contributed by atoms with E-state index in [1.807, 2.05) is 24.8 Å². The van der Waals surface area contributed by atoms with Crippen molar-refractivity contribution in [2.45, 2.75) is 13.8 Å². The van der Waals surface area contributed by atoms with Crippen LogP contribution in [-0.2, 0) is 9.59 Å². The molecule has 1 fully saturated rings. The molecule has 1 saturated heterocycles. The van der Waals surface area contributed by atoms with Gasteiger partial charge in [0.15, 0.2) is 0 Å². The Labute approximate surface area is 112 Å². The smallest absolute Gasteiger partial charge is 0.225 e. The number of amides is 1. The third-order valence-corrected chi connectivity index (χ3v) is 3.38. The highest BCUT2D eigenvalue weighted by atomic mass is 16.2. The van der Waals surface area contributed by atoms with Gasteiger partial charge in [-0.25, -0.2) is 9.97 Å². The summed E-state index contributed by atoms with van der Waals surface area (Å²) in [7, 11) is 1.58. The van der Waals surface area contributed by atoms with Crippen LogP contribution in [0.15, 0.2) is 6.07 Å². The van der Waals surface area contributed by atoms with Crippen LogP contribution in [0.2, 0.25) is 0 Å². The molecule has 19 heavy (non-hydrogen) atoms. The summed E-state index contributed by atoms with van der Waals surface area (Å²) in [5, 5.41) is 2.60. The molecule has 6 nitrogen and oxygen atoms in total. The molecule has 0 bridgehead atoms. The quantitative estimate of drug-likeness (QED) is 0.781. The Morgan fingerprint density at radius 2 is 2.00 bits per heavy atom. The van der Waals surface area contributed by atoms with E-state index in [1.165, 1.54) is 0 Å². The third-order valence-electron chi connectivity index (χ3n) is 3.38. The zero-order valence-corrected chi connectivity index (χ0v) is 11.4. The molecule has 1 amide bonds. The Bertz CT molecular complexity index is 483. The highest BCUT2D eigenvalue weighted by Gasteiger charge is 2.38. The first-order valence-electron chi connectivity index (χ1n) is 6.29. The van der Waals surface area contributed by atoms with E-state index < -0.39 is 0 Å². The van der Waals surface area contributed by atoms with Crippen LogP contribution in [0.4, 0.5) is 5.95 Å². The van der Waals surface area contributed by atoms with Crippen molar-refractivity contribution in [1.82, 2.24) is 15.3 Å². The predicted octanol–water partition coefficient (Wildman–Crippen LogP) is 0.0907. The molecule has 0 aromatic carbocycles. The molecule has 0 aliphatic carbocycles. The van der Waals surface area contributed by atoms with Crippen molar-refractivity contribution < 1.29 is 9.59 Å². The van der Waals surface area contributed by atoms with Crippen molar-refractivity contribution in [3.63, 3.8) is 0 Å². The number of aryl methyl sites for hydroxylation is 2. The summed E-state index contributed by atoms with van der Waals surface area (Å²) in [6.07, 6.45) is 0.850. The molecule has 2 atom stereocenters. The van der Waals surface area contributed by atoms with Crippen LogP contribution in [0.3, 0.4) is 0 Å². The van der Waals surface area contributed by atoms with Crippen molar-refractivity contribution in [3.05, 3.63) is 17.5 Å². The van der Waals surface area contributed by atoms with Gasteiger partial charge in [0.25, 0.3) is 0 Å². The van der Waals surface area contributed by atoms with Gasteiger partial charge in [-0.2, -0.15) is 0 Å². The zero-order chi connectivity index (χ0) is 14.0. The molecular weight excluding hydrogens is 244 g/mol. The highest BCUT2D eigenvalue weighted by Crippen LogP contribution is 2.25. The molecule has 0 saturated carbocycles. The number of carbonyl (C=O) groups excluding carboxylic acids is 2. The molecule has 1 aromatic heterocycles. The minimum atomic E-state index is -0.327. The van der Waals surface area contributed by atoms with E-state index in [4.69, 9.17) is 0 Å². The van der Waals surface area contributed by atoms with Crippen LogP contribution < -0.4 is 10.2 Å². The van der Waals surface area contributed by atoms with Gasteiger partial charge in [0, 0.05) is 37.4 Å². The first-order valence-corrected chi connectivity index (χ1v) is 6.29. The van der Waals surface area contributed by atoms with Crippen LogP contribution in [0.5, 0.6) is 0 Å². The zero-order valence-electron chi connectivity index (χ0n) is 11.4. The summed E-state index contributed by atoms with van der Waals surface area (Å²) >= 11 is 0. The standard InChI is InChI=1S/C13H18N4O2/c1-8-4-9(2)16-13(15-8)17-5-10(7-18)11(6-17)12(19)14-3/h4,7,10-11H,5-6H2,1-3H3,(H,14,19). The molecule has 102 valence electrons. The van der Waals surface area contributed by atoms with Gasteiger partial charge >= 0.3 is 0 Å². The topological polar surface area (TPSA) is 75.2 Å². The van der Waals surface area contributed by atoms with Crippen molar-refractivity contribution >= 4 is 18.1 Å². The van der Waals surface area contributed by atoms with Gasteiger partial charge in [0.1, 0.15) is 6.29 Å². The summed E-state index contributed by atoms with van der Waals surface area (Å²) in [6, 6.07) is 1.90. The Balaban J connectivity index is 2.23. The average Bonchev–Trinajstić information content (AvgIpc) is 2.80. The first kappa shape index (κ1) is 13.5. The second-order valence-corrected chi connectivity index (χ2v) is 4.88. The minimum absolute atomic E-state index is 0.107. The van der Waals surface area contributed by atoms with Crippen molar-refractivity contribution in [2.24, 2.45) is 11.8 Å². The number of hydrogen-bond acceptors (Lipinski definition) is 5. The lowest BCUT2D eigenvalue weighted by Crippen LogP contribution is -2.33. The first-order chi connectivity index (χ1) is 9.05. The molecule has 2 heterocycles. The summed E-state index contributed by atoms with van der Waals surface area (Å²) in [5.74, 6) is -0.143. The van der Waals surface area contributed by atoms with Gasteiger partial charge in [0.2, 0.25) is 11.9 Å². The second kappa shape index (κ2) is 5.34. The Morgan fingerprint density at radius 1 is 1.37 bits per heavy atom. The monoisotopic (exact) mass is 262 g/mol. The summed E-state index contributed by atoms with van der Waals surface area (Å²) < 4.78 is 0. The Hall–Kier alpha value is -1.98. The fraction of sp³-hybridized carbons (Fsp3) is 0.538. The maximum absolute atomic E-state index is 11.8. The molecule has 2 unspecified atom stereocenters. The van der Waals surface area contributed by atoms with Gasteiger partial charge in [-0.1, -0.05) is 0 Å². The fourth-order valence-corrected chi connectivity index (χ4v) is 2.44. The van der Waals surface area contributed by atoms with E-state index in [0.717, 1.165) is 17.7 Å². The number of rotatable bonds is 3. The van der Waals surface area contributed by atoms with E-state index in [-0.39, 0.29) is 17.7 Å². The maximum Gasteiger partial charge on any atom is 0.225 e. The van der Waals surface area contributed by atoms with Crippen LogP contribution >= 0.6 is 0 Å². The summed E-state index contributed by atoms with van der Waals surface area (Å²) in [5.41, 5.74) is 1.77. The largest absolute Gasteiger partial charge is 0.359 e. The minimum Gasteiger partial charge on any atom is -0.359 e. The van der Waals surface area contributed by atoms with Crippen LogP contribution in [0.25, 0.3) is 0 Å². The SMILES string of the molecule is CNC(=O)C1CN(c2nc(C)cc(C)n2)CC1C=O. The Morgan fingerprint density at radius 3 is 2.53 bits per heavy atom. The van der Waals surface area contributed by atoms with Gasteiger partial charge in [-0.3, -0.25) is 4.79 Å². The number of aldehydes is 1. The van der Waals surface area contributed by atoms with E-state index in [2.05, 4.69) is 15.3 Å². The number of aromatic nitrogens is 2. The number of carbonyl (C=O) groups is 2. The van der Waals surface area contributed by atoms with Gasteiger partial charge in [0.05, 0.1) is 5.92 Å². The van der Waals surface area contributed by atoms with Crippen LogP contribution in [0, 0.1) is 25.7 Å². The molecule has 1 aliphatic heterocycles. The molecule has 0 radical (unpaired) electrons. The van der Waals surface area contributed by atoms with E-state index in [9.17, 15) is 9.59 Å². The third kappa shape index (κ3) is 2.72. The summed E-state index contributed by atoms with van der Waals surface area (Å²) in [4.78, 5) is 33.5. The van der Waals surface area contributed by atoms with Gasteiger partial charge < -0.3 is 15.0 Å². The molecule has 2 rings (SSSR count). The lowest BCUT2D eigenvalue weighted by Gasteiger charge is -2.16. The molecular formula is C13H18N4O2. The molecule has 0 spiro atoms. The molecule has 1 aliphatic rings. The van der Waals surface area contributed by atoms with Gasteiger partial charge in [-0.05, 0) is 19.9 Å². The number of nitrogens with one attached hydrogen (secondary N) is 1. The number of hydrogen-bond donors (Lipinski definition) is 1. The van der Waals surface area contributed by atoms with E-state index >= 15 is 0 Å². The molecule has 6 heteroatoms. The number of nitrogens with zero attached hydrogens (tertiary/aromatic N) is 3. The second-order valence-electron chi connectivity index (χ2n) is 4.88. The normalized spacial score (nSPS) is 22.4. The molecule has 1 N–H and O–H groups in total. The van der Waals surface area contributed by atoms with Crippen LogP contribution in [0.1, 0.15) is 11.4 Å². The van der Waals surface area contributed by atoms with Crippen molar-refractivity contribution in [1.29, 1.82) is 0 Å².